The van der Waals surface area contributed by atoms with Gasteiger partial charge in [0, 0.05) is 11.6 Å². The Bertz CT molecular complexity index is 591. The predicted molar refractivity (Wildman–Crippen MR) is 55.3 cm³/mol. The fourth-order valence-corrected chi connectivity index (χ4v) is 1.44. The number of nitrogens with zero attached hydrogens (tertiary/aromatic N) is 1. The van der Waals surface area contributed by atoms with Crippen molar-refractivity contribution in [2.75, 3.05) is 0 Å². The molecule has 17 heavy (non-hydrogen) atoms. The van der Waals surface area contributed by atoms with Gasteiger partial charge in [-0.2, -0.15) is 0 Å². The summed E-state index contributed by atoms with van der Waals surface area (Å²) in [4.78, 5) is 10.6. The maximum atomic E-state index is 13.6. The lowest BCUT2D eigenvalue weighted by atomic mass is 10.1. The summed E-state index contributed by atoms with van der Waals surface area (Å²) in [5, 5.41) is 21.4. The first-order valence-electron chi connectivity index (χ1n) is 4.68. The summed E-state index contributed by atoms with van der Waals surface area (Å²) in [5.41, 5.74) is 0.649. The molecule has 0 fully saturated rings. The van der Waals surface area contributed by atoms with E-state index in [2.05, 4.69) is 9.68 Å². The molecular weight excluding hydrogens is 229 g/mol. The highest BCUT2D eigenvalue weighted by Gasteiger charge is 2.17. The van der Waals surface area contributed by atoms with Crippen molar-refractivity contribution in [3.8, 4) is 17.0 Å². The maximum Gasteiger partial charge on any atom is 0.374 e. The second-order valence-electron chi connectivity index (χ2n) is 3.53. The Morgan fingerprint density at radius 1 is 1.41 bits per heavy atom. The summed E-state index contributed by atoms with van der Waals surface area (Å²) in [6, 6.07) is 3.80. The molecule has 2 aromatic rings. The second kappa shape index (κ2) is 3.89. The molecule has 2 N–H and O–H groups in total. The monoisotopic (exact) mass is 237 g/mol. The fourth-order valence-electron chi connectivity index (χ4n) is 1.44. The van der Waals surface area contributed by atoms with E-state index < -0.39 is 17.5 Å². The number of halogens is 1. The number of hydrogen-bond donors (Lipinski definition) is 2. The smallest absolute Gasteiger partial charge is 0.374 e. The van der Waals surface area contributed by atoms with Crippen LogP contribution in [-0.4, -0.2) is 21.3 Å². The average molecular weight is 237 g/mol. The number of carboxylic acids is 1. The van der Waals surface area contributed by atoms with Crippen LogP contribution < -0.4 is 0 Å². The third-order valence-corrected chi connectivity index (χ3v) is 2.19. The van der Waals surface area contributed by atoms with Crippen molar-refractivity contribution in [1.82, 2.24) is 5.16 Å². The van der Waals surface area contributed by atoms with E-state index in [4.69, 9.17) is 5.11 Å². The van der Waals surface area contributed by atoms with Crippen LogP contribution in [0.15, 0.2) is 22.7 Å². The highest BCUT2D eigenvalue weighted by atomic mass is 19.1. The topological polar surface area (TPSA) is 83.6 Å². The van der Waals surface area contributed by atoms with E-state index in [9.17, 15) is 14.3 Å². The average Bonchev–Trinajstić information content (AvgIpc) is 2.72. The molecule has 5 nitrogen and oxygen atoms in total. The van der Waals surface area contributed by atoms with E-state index in [0.717, 1.165) is 6.07 Å². The van der Waals surface area contributed by atoms with Gasteiger partial charge in [-0.3, -0.25) is 0 Å². The van der Waals surface area contributed by atoms with E-state index in [0.29, 0.717) is 5.56 Å². The number of carbonyl (C=O) groups is 1. The quantitative estimate of drug-likeness (QED) is 0.836. The first-order valence-corrected chi connectivity index (χ1v) is 4.68. The number of rotatable bonds is 2. The van der Waals surface area contributed by atoms with Gasteiger partial charge in [0.2, 0.25) is 5.76 Å². The number of aryl methyl sites for hydroxylation is 1. The van der Waals surface area contributed by atoms with Crippen LogP contribution in [0.4, 0.5) is 4.39 Å². The standard InChI is InChI=1S/C11H8FNO4/c1-5-2-6(10(12)8(14)3-5)7-4-9(11(15)16)17-13-7/h2-4,14H,1H3,(H,15,16). The molecule has 0 saturated heterocycles. The van der Waals surface area contributed by atoms with Gasteiger partial charge in [-0.25, -0.2) is 9.18 Å². The molecular formula is C11H8FNO4. The molecule has 0 spiro atoms. The zero-order valence-corrected chi connectivity index (χ0v) is 8.77. The molecule has 88 valence electrons. The van der Waals surface area contributed by atoms with Gasteiger partial charge < -0.3 is 14.7 Å². The van der Waals surface area contributed by atoms with Gasteiger partial charge in [0.15, 0.2) is 11.6 Å². The fraction of sp³-hybridized carbons (Fsp3) is 0.0909. The first kappa shape index (κ1) is 11.1. The summed E-state index contributed by atoms with van der Waals surface area (Å²) >= 11 is 0. The second-order valence-corrected chi connectivity index (χ2v) is 3.53. The van der Waals surface area contributed by atoms with Gasteiger partial charge in [0.1, 0.15) is 5.69 Å². The van der Waals surface area contributed by atoms with Crippen LogP contribution in [0.25, 0.3) is 11.3 Å². The number of aromatic hydroxyl groups is 1. The summed E-state index contributed by atoms with van der Waals surface area (Å²) < 4.78 is 18.1. The Labute approximate surface area is 95.1 Å². The molecule has 6 heteroatoms. The van der Waals surface area contributed by atoms with Gasteiger partial charge >= 0.3 is 5.97 Å². The van der Waals surface area contributed by atoms with Crippen LogP contribution in [0, 0.1) is 12.7 Å². The molecule has 0 aliphatic heterocycles. The molecule has 0 radical (unpaired) electrons. The van der Waals surface area contributed by atoms with Crippen molar-refractivity contribution in [3.63, 3.8) is 0 Å². The lowest BCUT2D eigenvalue weighted by Crippen LogP contribution is -1.92. The Morgan fingerprint density at radius 2 is 2.12 bits per heavy atom. The summed E-state index contributed by atoms with van der Waals surface area (Å²) in [5.74, 6) is -3.05. The van der Waals surface area contributed by atoms with Crippen molar-refractivity contribution >= 4 is 5.97 Å². The minimum atomic E-state index is -1.29. The lowest BCUT2D eigenvalue weighted by molar-refractivity contribution is 0.0652. The summed E-state index contributed by atoms with van der Waals surface area (Å²) in [6.45, 7) is 1.67. The van der Waals surface area contributed by atoms with Crippen molar-refractivity contribution in [2.45, 2.75) is 6.92 Å². The van der Waals surface area contributed by atoms with Gasteiger partial charge in [-0.05, 0) is 24.6 Å². The van der Waals surface area contributed by atoms with Crippen molar-refractivity contribution in [2.24, 2.45) is 0 Å². The zero-order chi connectivity index (χ0) is 12.6. The van der Waals surface area contributed by atoms with Crippen molar-refractivity contribution in [1.29, 1.82) is 0 Å². The Hall–Kier alpha value is -2.37. The van der Waals surface area contributed by atoms with Crippen molar-refractivity contribution < 1.29 is 23.9 Å². The third-order valence-electron chi connectivity index (χ3n) is 2.19. The molecule has 1 aromatic heterocycles. The van der Waals surface area contributed by atoms with Gasteiger partial charge in [0.05, 0.1) is 0 Å². The van der Waals surface area contributed by atoms with Crippen molar-refractivity contribution in [3.05, 3.63) is 35.3 Å². The third kappa shape index (κ3) is 1.96. The normalized spacial score (nSPS) is 10.5. The molecule has 0 unspecified atom stereocenters. The minimum Gasteiger partial charge on any atom is -0.505 e. The Kier molecular flexibility index (Phi) is 2.55. The molecule has 2 rings (SSSR count). The lowest BCUT2D eigenvalue weighted by Gasteiger charge is -2.02. The minimum absolute atomic E-state index is 0.00116. The molecule has 0 aliphatic carbocycles. The van der Waals surface area contributed by atoms with Gasteiger partial charge in [-0.15, -0.1) is 0 Å². The zero-order valence-electron chi connectivity index (χ0n) is 8.77. The molecule has 0 atom stereocenters. The number of aromatic nitrogens is 1. The van der Waals surface area contributed by atoms with Crippen LogP contribution in [0.5, 0.6) is 5.75 Å². The predicted octanol–water partition coefficient (Wildman–Crippen LogP) is 2.19. The van der Waals surface area contributed by atoms with E-state index in [1.165, 1.54) is 12.1 Å². The van der Waals surface area contributed by atoms with Gasteiger partial charge in [0.25, 0.3) is 0 Å². The first-order chi connectivity index (χ1) is 7.99. The van der Waals surface area contributed by atoms with Crippen LogP contribution >= 0.6 is 0 Å². The summed E-state index contributed by atoms with van der Waals surface area (Å²) in [7, 11) is 0. The van der Waals surface area contributed by atoms with Crippen LogP contribution in [0.2, 0.25) is 0 Å². The van der Waals surface area contributed by atoms with E-state index >= 15 is 0 Å². The Morgan fingerprint density at radius 3 is 2.71 bits per heavy atom. The number of phenolic OH excluding ortho intramolecular Hbond substituents is 1. The van der Waals surface area contributed by atoms with Crippen LogP contribution in [-0.2, 0) is 0 Å². The highest BCUT2D eigenvalue weighted by Crippen LogP contribution is 2.29. The number of hydrogen-bond acceptors (Lipinski definition) is 4. The summed E-state index contributed by atoms with van der Waals surface area (Å²) in [6.07, 6.45) is 0. The van der Waals surface area contributed by atoms with E-state index in [-0.39, 0.29) is 17.0 Å². The van der Waals surface area contributed by atoms with Crippen LogP contribution in [0.1, 0.15) is 16.1 Å². The molecule has 1 heterocycles. The number of phenols is 1. The van der Waals surface area contributed by atoms with E-state index in [1.807, 2.05) is 0 Å². The molecule has 0 amide bonds. The van der Waals surface area contributed by atoms with Crippen LogP contribution in [0.3, 0.4) is 0 Å². The molecule has 0 saturated carbocycles. The SMILES string of the molecule is Cc1cc(O)c(F)c(-c2cc(C(=O)O)on2)c1. The molecule has 0 aliphatic rings. The Balaban J connectivity index is 2.56. The number of carboxylic acid groups (broad SMARTS) is 1. The number of benzene rings is 1. The largest absolute Gasteiger partial charge is 0.505 e. The highest BCUT2D eigenvalue weighted by molar-refractivity contribution is 5.85. The molecule has 0 bridgehead atoms. The maximum absolute atomic E-state index is 13.6. The van der Waals surface area contributed by atoms with Gasteiger partial charge in [-0.1, -0.05) is 5.16 Å². The number of aromatic carboxylic acids is 1. The molecule has 1 aromatic carbocycles. The van der Waals surface area contributed by atoms with E-state index in [1.54, 1.807) is 6.92 Å².